The van der Waals surface area contributed by atoms with E-state index in [4.69, 9.17) is 5.73 Å². The first-order valence-corrected chi connectivity index (χ1v) is 7.46. The second kappa shape index (κ2) is 6.86. The van der Waals surface area contributed by atoms with Crippen molar-refractivity contribution in [3.63, 3.8) is 0 Å². The number of nitrogens with two attached hydrogens (primary N) is 1. The Balaban J connectivity index is 1.96. The van der Waals surface area contributed by atoms with Gasteiger partial charge >= 0.3 is 0 Å². The molecule has 1 aromatic carbocycles. The Morgan fingerprint density at radius 1 is 1.25 bits per heavy atom. The molecule has 1 saturated heterocycles. The highest BCUT2D eigenvalue weighted by atomic mass is 16.2. The van der Waals surface area contributed by atoms with Crippen molar-refractivity contribution in [2.45, 2.75) is 25.8 Å². The van der Waals surface area contributed by atoms with Gasteiger partial charge in [0, 0.05) is 38.1 Å². The standard InChI is InChI=1S/C16H25N3O/c1-3-19(4-2)16(20)12-18-10-14(15(17)11-18)13-8-6-5-7-9-13/h5-9,14-15H,3-4,10-12,17H2,1-2H3/t14-,15+/m0/s1. The van der Waals surface area contributed by atoms with Crippen LogP contribution in [0, 0.1) is 0 Å². The number of rotatable bonds is 5. The normalized spacial score (nSPS) is 22.9. The SMILES string of the molecule is CCN(CC)C(=O)CN1C[C@@H](N)[C@H](c2ccccc2)C1. The van der Waals surface area contributed by atoms with Gasteiger partial charge in [0.05, 0.1) is 6.54 Å². The summed E-state index contributed by atoms with van der Waals surface area (Å²) < 4.78 is 0. The molecule has 0 saturated carbocycles. The summed E-state index contributed by atoms with van der Waals surface area (Å²) in [7, 11) is 0. The molecule has 0 bridgehead atoms. The van der Waals surface area contributed by atoms with Gasteiger partial charge < -0.3 is 10.6 Å². The van der Waals surface area contributed by atoms with Crippen molar-refractivity contribution >= 4 is 5.91 Å². The molecule has 1 aromatic rings. The summed E-state index contributed by atoms with van der Waals surface area (Å²) in [6.45, 7) is 7.74. The molecule has 0 unspecified atom stereocenters. The number of hydrogen-bond acceptors (Lipinski definition) is 3. The van der Waals surface area contributed by atoms with E-state index >= 15 is 0 Å². The van der Waals surface area contributed by atoms with Gasteiger partial charge in [-0.15, -0.1) is 0 Å². The first kappa shape index (κ1) is 15.0. The highest BCUT2D eigenvalue weighted by Gasteiger charge is 2.32. The predicted octanol–water partition coefficient (Wildman–Crippen LogP) is 1.28. The van der Waals surface area contributed by atoms with Gasteiger partial charge in [-0.2, -0.15) is 0 Å². The van der Waals surface area contributed by atoms with E-state index in [0.29, 0.717) is 12.5 Å². The summed E-state index contributed by atoms with van der Waals surface area (Å²) in [6.07, 6.45) is 0. The van der Waals surface area contributed by atoms with Gasteiger partial charge in [0.15, 0.2) is 0 Å². The van der Waals surface area contributed by atoms with Crippen molar-refractivity contribution in [1.29, 1.82) is 0 Å². The van der Waals surface area contributed by atoms with Crippen LogP contribution in [-0.2, 0) is 4.79 Å². The summed E-state index contributed by atoms with van der Waals surface area (Å²) >= 11 is 0. The molecule has 1 heterocycles. The lowest BCUT2D eigenvalue weighted by Crippen LogP contribution is -2.40. The fourth-order valence-corrected chi connectivity index (χ4v) is 2.96. The molecule has 20 heavy (non-hydrogen) atoms. The molecule has 4 heteroatoms. The molecule has 110 valence electrons. The maximum atomic E-state index is 12.2. The van der Waals surface area contributed by atoms with Gasteiger partial charge in [-0.05, 0) is 19.4 Å². The quantitative estimate of drug-likeness (QED) is 0.881. The second-order valence-corrected chi connectivity index (χ2v) is 5.44. The van der Waals surface area contributed by atoms with Crippen LogP contribution in [0.4, 0.5) is 0 Å². The van der Waals surface area contributed by atoms with E-state index in [1.54, 1.807) is 0 Å². The number of nitrogens with zero attached hydrogens (tertiary/aromatic N) is 2. The van der Waals surface area contributed by atoms with E-state index in [9.17, 15) is 4.79 Å². The van der Waals surface area contributed by atoms with Crippen molar-refractivity contribution < 1.29 is 4.79 Å². The summed E-state index contributed by atoms with van der Waals surface area (Å²) in [5, 5.41) is 0. The number of amides is 1. The zero-order chi connectivity index (χ0) is 14.5. The maximum Gasteiger partial charge on any atom is 0.236 e. The van der Waals surface area contributed by atoms with Gasteiger partial charge in [-0.3, -0.25) is 9.69 Å². The Kier molecular flexibility index (Phi) is 5.15. The Hall–Kier alpha value is -1.39. The van der Waals surface area contributed by atoms with Gasteiger partial charge in [0.25, 0.3) is 0 Å². The second-order valence-electron chi connectivity index (χ2n) is 5.44. The van der Waals surface area contributed by atoms with E-state index in [0.717, 1.165) is 26.2 Å². The minimum Gasteiger partial charge on any atom is -0.342 e. The molecule has 1 aliphatic rings. The van der Waals surface area contributed by atoms with Crippen molar-refractivity contribution in [3.05, 3.63) is 35.9 Å². The van der Waals surface area contributed by atoms with Crippen LogP contribution in [0.2, 0.25) is 0 Å². The number of carbonyl (C=O) groups is 1. The van der Waals surface area contributed by atoms with E-state index < -0.39 is 0 Å². The molecule has 0 radical (unpaired) electrons. The highest BCUT2D eigenvalue weighted by molar-refractivity contribution is 5.78. The summed E-state index contributed by atoms with van der Waals surface area (Å²) in [5.41, 5.74) is 7.53. The van der Waals surface area contributed by atoms with E-state index in [-0.39, 0.29) is 11.9 Å². The smallest absolute Gasteiger partial charge is 0.236 e. The summed E-state index contributed by atoms with van der Waals surface area (Å²) in [4.78, 5) is 16.2. The zero-order valence-electron chi connectivity index (χ0n) is 12.5. The molecule has 1 aliphatic heterocycles. The van der Waals surface area contributed by atoms with E-state index in [1.165, 1.54) is 5.56 Å². The molecule has 2 rings (SSSR count). The summed E-state index contributed by atoms with van der Waals surface area (Å²) in [5.74, 6) is 0.539. The molecule has 1 fully saturated rings. The van der Waals surface area contributed by atoms with Crippen molar-refractivity contribution in [1.82, 2.24) is 9.80 Å². The molecule has 4 nitrogen and oxygen atoms in total. The Morgan fingerprint density at radius 2 is 1.90 bits per heavy atom. The molecule has 2 atom stereocenters. The van der Waals surface area contributed by atoms with Crippen molar-refractivity contribution in [2.24, 2.45) is 5.73 Å². The van der Waals surface area contributed by atoms with Crippen LogP contribution in [-0.4, -0.2) is 54.5 Å². The molecular formula is C16H25N3O. The third-order valence-electron chi connectivity index (χ3n) is 4.14. The third kappa shape index (κ3) is 3.38. The average molecular weight is 275 g/mol. The summed E-state index contributed by atoms with van der Waals surface area (Å²) in [6, 6.07) is 10.5. The largest absolute Gasteiger partial charge is 0.342 e. The van der Waals surface area contributed by atoms with Crippen LogP contribution >= 0.6 is 0 Å². The lowest BCUT2D eigenvalue weighted by Gasteiger charge is -2.22. The van der Waals surface area contributed by atoms with Crippen molar-refractivity contribution in [2.75, 3.05) is 32.7 Å². The van der Waals surface area contributed by atoms with Crippen LogP contribution in [0.25, 0.3) is 0 Å². The van der Waals surface area contributed by atoms with Gasteiger partial charge in [-0.1, -0.05) is 30.3 Å². The van der Waals surface area contributed by atoms with Gasteiger partial charge in [0.1, 0.15) is 0 Å². The van der Waals surface area contributed by atoms with Crippen LogP contribution in [0.1, 0.15) is 25.3 Å². The molecule has 0 aliphatic carbocycles. The Morgan fingerprint density at radius 3 is 2.50 bits per heavy atom. The van der Waals surface area contributed by atoms with Crippen LogP contribution in [0.15, 0.2) is 30.3 Å². The van der Waals surface area contributed by atoms with Crippen LogP contribution < -0.4 is 5.73 Å². The number of likely N-dealkylation sites (N-methyl/N-ethyl adjacent to an activating group) is 1. The highest BCUT2D eigenvalue weighted by Crippen LogP contribution is 2.26. The van der Waals surface area contributed by atoms with Crippen LogP contribution in [0.5, 0.6) is 0 Å². The predicted molar refractivity (Wildman–Crippen MR) is 81.5 cm³/mol. The number of likely N-dealkylation sites (tertiary alicyclic amines) is 1. The maximum absolute atomic E-state index is 12.2. The van der Waals surface area contributed by atoms with Gasteiger partial charge in [0.2, 0.25) is 5.91 Å². The first-order chi connectivity index (χ1) is 9.65. The fraction of sp³-hybridized carbons (Fsp3) is 0.562. The number of benzene rings is 1. The minimum absolute atomic E-state index is 0.113. The molecule has 0 spiro atoms. The first-order valence-electron chi connectivity index (χ1n) is 7.46. The van der Waals surface area contributed by atoms with Crippen molar-refractivity contribution in [3.8, 4) is 0 Å². The molecule has 2 N–H and O–H groups in total. The number of hydrogen-bond donors (Lipinski definition) is 1. The average Bonchev–Trinajstić information content (AvgIpc) is 2.82. The van der Waals surface area contributed by atoms with Crippen LogP contribution in [0.3, 0.4) is 0 Å². The van der Waals surface area contributed by atoms with Gasteiger partial charge in [-0.25, -0.2) is 0 Å². The Labute approximate surface area is 121 Å². The number of carbonyl (C=O) groups excluding carboxylic acids is 1. The lowest BCUT2D eigenvalue weighted by atomic mass is 9.95. The third-order valence-corrected chi connectivity index (χ3v) is 4.14. The molecule has 1 amide bonds. The lowest BCUT2D eigenvalue weighted by molar-refractivity contribution is -0.131. The monoisotopic (exact) mass is 275 g/mol. The molecular weight excluding hydrogens is 250 g/mol. The molecule has 0 aromatic heterocycles. The van der Waals surface area contributed by atoms with E-state index in [2.05, 4.69) is 17.0 Å². The minimum atomic E-state index is 0.113. The Bertz CT molecular complexity index is 431. The fourth-order valence-electron chi connectivity index (χ4n) is 2.96. The van der Waals surface area contributed by atoms with E-state index in [1.807, 2.05) is 36.9 Å². The zero-order valence-corrected chi connectivity index (χ0v) is 12.5. The topological polar surface area (TPSA) is 49.6 Å².